The lowest BCUT2D eigenvalue weighted by Crippen LogP contribution is -2.38. The molecule has 0 amide bonds. The highest BCUT2D eigenvalue weighted by atomic mass is 32.2. The number of rotatable bonds is 4. The van der Waals surface area contributed by atoms with E-state index in [2.05, 4.69) is 4.90 Å². The van der Waals surface area contributed by atoms with E-state index in [0.717, 1.165) is 47.0 Å². The van der Waals surface area contributed by atoms with Crippen molar-refractivity contribution < 1.29 is 14.3 Å². The first kappa shape index (κ1) is 18.2. The van der Waals surface area contributed by atoms with Crippen LogP contribution in [0.1, 0.15) is 18.4 Å². The first-order valence-corrected chi connectivity index (χ1v) is 9.69. The monoisotopic (exact) mass is 379 g/mol. The molecule has 0 spiro atoms. The number of hydrogen-bond donors (Lipinski definition) is 1. The topological polar surface area (TPSA) is 62.9 Å². The van der Waals surface area contributed by atoms with Gasteiger partial charge in [0.1, 0.15) is 15.7 Å². The van der Waals surface area contributed by atoms with E-state index in [-0.39, 0.29) is 11.7 Å². The van der Waals surface area contributed by atoms with Crippen LogP contribution in [0.5, 0.6) is 5.75 Å². The molecule has 7 heteroatoms. The Morgan fingerprint density at radius 2 is 2.16 bits per heavy atom. The van der Waals surface area contributed by atoms with Crippen molar-refractivity contribution in [2.45, 2.75) is 25.9 Å². The van der Waals surface area contributed by atoms with Crippen molar-refractivity contribution in [1.29, 1.82) is 0 Å². The fourth-order valence-electron chi connectivity index (χ4n) is 2.82. The molecule has 1 fully saturated rings. The van der Waals surface area contributed by atoms with Gasteiger partial charge in [0.25, 0.3) is 0 Å². The second-order valence-corrected chi connectivity index (χ2v) is 7.82. The smallest absolute Gasteiger partial charge is 0.336 e. The van der Waals surface area contributed by atoms with E-state index in [1.807, 2.05) is 19.1 Å². The lowest BCUT2D eigenvalue weighted by atomic mass is 10.1. The van der Waals surface area contributed by atoms with Gasteiger partial charge in [0.2, 0.25) is 0 Å². The molecule has 1 saturated heterocycles. The fraction of sp³-hybridized carbons (Fsp3) is 0.444. The zero-order chi connectivity index (χ0) is 17.8. The molecule has 1 aromatic carbocycles. The number of aryl methyl sites for hydroxylation is 1. The second kappa shape index (κ2) is 8.21. The minimum atomic E-state index is -0.352. The van der Waals surface area contributed by atoms with Gasteiger partial charge in [-0.05, 0) is 37.5 Å². The second-order valence-electron chi connectivity index (χ2n) is 6.09. The van der Waals surface area contributed by atoms with Crippen LogP contribution in [-0.4, -0.2) is 45.9 Å². The molecule has 1 aromatic heterocycles. The lowest BCUT2D eigenvalue weighted by Gasteiger charge is -2.31. The summed E-state index contributed by atoms with van der Waals surface area (Å²) in [4.78, 5) is 13.6. The first-order valence-electron chi connectivity index (χ1n) is 8.30. The summed E-state index contributed by atoms with van der Waals surface area (Å²) < 4.78 is 11.8. The summed E-state index contributed by atoms with van der Waals surface area (Å²) in [6, 6.07) is 7.02. The molecule has 0 bridgehead atoms. The van der Waals surface area contributed by atoms with Crippen LogP contribution in [0.3, 0.4) is 0 Å². The van der Waals surface area contributed by atoms with Gasteiger partial charge >= 0.3 is 5.63 Å². The number of nitrogens with zero attached hydrogens (tertiary/aromatic N) is 1. The van der Waals surface area contributed by atoms with Gasteiger partial charge in [0, 0.05) is 36.4 Å². The fourth-order valence-corrected chi connectivity index (χ4v) is 3.96. The molecule has 1 aliphatic heterocycles. The summed E-state index contributed by atoms with van der Waals surface area (Å²) in [6.45, 7) is 4.04. The predicted molar refractivity (Wildman–Crippen MR) is 105 cm³/mol. The Bertz CT molecular complexity index is 812. The van der Waals surface area contributed by atoms with Crippen molar-refractivity contribution >= 4 is 39.3 Å². The minimum absolute atomic E-state index is 0.191. The van der Waals surface area contributed by atoms with Crippen LogP contribution >= 0.6 is 24.0 Å². The maximum Gasteiger partial charge on any atom is 0.336 e. The predicted octanol–water partition coefficient (Wildman–Crippen LogP) is 2.96. The zero-order valence-electron chi connectivity index (χ0n) is 14.1. The summed E-state index contributed by atoms with van der Waals surface area (Å²) in [6.07, 6.45) is 1.36. The molecular formula is C18H21NO4S2. The van der Waals surface area contributed by atoms with E-state index in [9.17, 15) is 9.90 Å². The Hall–Kier alpha value is -1.57. The molecule has 0 saturated carbocycles. The lowest BCUT2D eigenvalue weighted by molar-refractivity contribution is 0.111. The third-order valence-electron chi connectivity index (χ3n) is 4.22. The minimum Gasteiger partial charge on any atom is -0.493 e. The maximum atomic E-state index is 11.5. The number of likely N-dealkylation sites (tertiary alicyclic amines) is 1. The summed E-state index contributed by atoms with van der Waals surface area (Å²) >= 11 is 7.03. The van der Waals surface area contributed by atoms with Gasteiger partial charge in [0.15, 0.2) is 0 Å². The average molecular weight is 380 g/mol. The van der Waals surface area contributed by atoms with E-state index in [1.54, 1.807) is 17.8 Å². The number of fused-ring (bicyclic) bond motifs is 1. The number of thioether (sulfide) groups is 1. The Balaban J connectivity index is 1.50. The molecule has 0 atom stereocenters. The quantitative estimate of drug-likeness (QED) is 0.498. The van der Waals surface area contributed by atoms with Gasteiger partial charge in [-0.25, -0.2) is 4.79 Å². The zero-order valence-corrected chi connectivity index (χ0v) is 15.7. The Morgan fingerprint density at radius 3 is 2.92 bits per heavy atom. The average Bonchev–Trinajstić information content (AvgIpc) is 2.58. The third kappa shape index (κ3) is 4.74. The highest BCUT2D eigenvalue weighted by Gasteiger charge is 2.19. The van der Waals surface area contributed by atoms with Crippen molar-refractivity contribution in [2.24, 2.45) is 0 Å². The van der Waals surface area contributed by atoms with E-state index in [1.165, 1.54) is 6.07 Å². The third-order valence-corrected chi connectivity index (χ3v) is 5.71. The summed E-state index contributed by atoms with van der Waals surface area (Å²) in [7, 11) is 0. The largest absolute Gasteiger partial charge is 0.493 e. The Kier molecular flexibility index (Phi) is 5.98. The molecule has 134 valence electrons. The molecule has 2 heterocycles. The Labute approximate surface area is 156 Å². The first-order chi connectivity index (χ1) is 12.0. The number of piperidine rings is 1. The molecular weight excluding hydrogens is 358 g/mol. The van der Waals surface area contributed by atoms with Gasteiger partial charge in [-0.2, -0.15) is 0 Å². The number of thiocarbonyl (C=S) groups is 1. The normalized spacial score (nSPS) is 15.5. The van der Waals surface area contributed by atoms with Crippen LogP contribution in [0.25, 0.3) is 11.0 Å². The van der Waals surface area contributed by atoms with Gasteiger partial charge in [-0.3, -0.25) is 0 Å². The van der Waals surface area contributed by atoms with Crippen LogP contribution in [0, 0.1) is 6.92 Å². The molecule has 25 heavy (non-hydrogen) atoms. The van der Waals surface area contributed by atoms with E-state index in [0.29, 0.717) is 17.9 Å². The van der Waals surface area contributed by atoms with Gasteiger partial charge in [-0.1, -0.05) is 24.0 Å². The standard InChI is InChI=1S/C18H21NO4S2/c1-12-10-17(21)23-16-11-14(2-3-15(12)16)22-8-9-25-18(24)19-6-4-13(20)5-7-19/h2-3,10-11,13,20H,4-9H2,1H3. The van der Waals surface area contributed by atoms with Crippen molar-refractivity contribution in [3.05, 3.63) is 40.2 Å². The summed E-state index contributed by atoms with van der Waals surface area (Å²) in [5, 5.41) is 10.4. The number of hydrogen-bond acceptors (Lipinski definition) is 6. The molecule has 0 unspecified atom stereocenters. The molecule has 2 aromatic rings. The van der Waals surface area contributed by atoms with Crippen LogP contribution in [0.4, 0.5) is 0 Å². The number of aliphatic hydroxyl groups is 1. The Morgan fingerprint density at radius 1 is 1.40 bits per heavy atom. The molecule has 0 radical (unpaired) electrons. The molecule has 1 aliphatic rings. The highest BCUT2D eigenvalue weighted by Crippen LogP contribution is 2.22. The number of benzene rings is 1. The summed E-state index contributed by atoms with van der Waals surface area (Å²) in [5.74, 6) is 1.42. The molecule has 0 aliphatic carbocycles. The van der Waals surface area contributed by atoms with Crippen molar-refractivity contribution in [3.8, 4) is 5.75 Å². The van der Waals surface area contributed by atoms with Gasteiger partial charge in [0.05, 0.1) is 12.7 Å². The maximum absolute atomic E-state index is 11.5. The molecule has 3 rings (SSSR count). The van der Waals surface area contributed by atoms with E-state index >= 15 is 0 Å². The highest BCUT2D eigenvalue weighted by molar-refractivity contribution is 8.22. The van der Waals surface area contributed by atoms with Crippen LogP contribution in [0.2, 0.25) is 0 Å². The van der Waals surface area contributed by atoms with Crippen molar-refractivity contribution in [2.75, 3.05) is 25.4 Å². The van der Waals surface area contributed by atoms with E-state index in [4.69, 9.17) is 21.4 Å². The van der Waals surface area contributed by atoms with Crippen LogP contribution < -0.4 is 10.4 Å². The van der Waals surface area contributed by atoms with E-state index < -0.39 is 0 Å². The molecule has 5 nitrogen and oxygen atoms in total. The van der Waals surface area contributed by atoms with Crippen molar-refractivity contribution in [3.63, 3.8) is 0 Å². The number of ether oxygens (including phenoxy) is 1. The van der Waals surface area contributed by atoms with Crippen LogP contribution in [-0.2, 0) is 0 Å². The van der Waals surface area contributed by atoms with Gasteiger partial charge in [-0.15, -0.1) is 0 Å². The molecule has 1 N–H and O–H groups in total. The van der Waals surface area contributed by atoms with Gasteiger partial charge < -0.3 is 19.2 Å². The SMILES string of the molecule is Cc1cc(=O)oc2cc(OCCSC(=S)N3CCC(O)CC3)ccc12. The van der Waals surface area contributed by atoms with Crippen molar-refractivity contribution in [1.82, 2.24) is 4.90 Å². The van der Waals surface area contributed by atoms with Crippen LogP contribution in [0.15, 0.2) is 33.5 Å². The number of aliphatic hydroxyl groups excluding tert-OH is 1. The summed E-state index contributed by atoms with van der Waals surface area (Å²) in [5.41, 5.74) is 1.08.